The van der Waals surface area contributed by atoms with E-state index in [-0.39, 0.29) is 5.91 Å². The summed E-state index contributed by atoms with van der Waals surface area (Å²) in [6, 6.07) is 15.7. The van der Waals surface area contributed by atoms with E-state index in [4.69, 9.17) is 4.74 Å². The van der Waals surface area contributed by atoms with Gasteiger partial charge in [0.1, 0.15) is 5.75 Å². The molecule has 0 unspecified atom stereocenters. The average molecular weight is 281 g/mol. The fourth-order valence-corrected chi connectivity index (χ4v) is 1.87. The highest BCUT2D eigenvalue weighted by Gasteiger charge is 1.99. The second kappa shape index (κ2) is 7.29. The third-order valence-corrected chi connectivity index (χ3v) is 3.09. The second-order valence-corrected chi connectivity index (χ2v) is 4.80. The summed E-state index contributed by atoms with van der Waals surface area (Å²) in [6.07, 6.45) is 2.11. The smallest absolute Gasteiger partial charge is 0.247 e. The molecule has 0 radical (unpaired) electrons. The van der Waals surface area contributed by atoms with Crippen LogP contribution >= 0.6 is 0 Å². The van der Waals surface area contributed by atoms with Crippen LogP contribution in [0.4, 0.5) is 5.69 Å². The topological polar surface area (TPSA) is 38.3 Å². The van der Waals surface area contributed by atoms with E-state index in [2.05, 4.69) is 43.1 Å². The molecule has 2 aromatic rings. The fraction of sp³-hybridized carbons (Fsp3) is 0.167. The van der Waals surface area contributed by atoms with Crippen LogP contribution in [-0.2, 0) is 11.2 Å². The van der Waals surface area contributed by atoms with Crippen LogP contribution in [-0.4, -0.2) is 12.5 Å². The van der Waals surface area contributed by atoms with Gasteiger partial charge in [0.05, 0.1) is 6.61 Å². The third kappa shape index (κ3) is 4.80. The molecule has 0 atom stereocenters. The zero-order valence-corrected chi connectivity index (χ0v) is 12.1. The highest BCUT2D eigenvalue weighted by Crippen LogP contribution is 2.16. The average Bonchev–Trinajstić information content (AvgIpc) is 2.51. The van der Waals surface area contributed by atoms with Gasteiger partial charge in [0.25, 0.3) is 0 Å². The predicted octanol–water partition coefficient (Wildman–Crippen LogP) is 3.74. The maximum atomic E-state index is 11.2. The summed E-state index contributed by atoms with van der Waals surface area (Å²) in [5.74, 6) is 0.571. The Hall–Kier alpha value is -2.55. The van der Waals surface area contributed by atoms with Crippen molar-refractivity contribution in [1.82, 2.24) is 0 Å². The van der Waals surface area contributed by atoms with Crippen LogP contribution in [0.25, 0.3) is 0 Å². The predicted molar refractivity (Wildman–Crippen MR) is 85.6 cm³/mol. The second-order valence-electron chi connectivity index (χ2n) is 4.80. The van der Waals surface area contributed by atoms with Gasteiger partial charge in [-0.2, -0.15) is 0 Å². The first-order valence-corrected chi connectivity index (χ1v) is 6.89. The molecule has 0 bridgehead atoms. The Bertz CT molecular complexity index is 600. The van der Waals surface area contributed by atoms with E-state index < -0.39 is 0 Å². The van der Waals surface area contributed by atoms with Gasteiger partial charge in [0.15, 0.2) is 0 Å². The lowest BCUT2D eigenvalue weighted by atomic mass is 10.1. The molecule has 2 aromatic carbocycles. The van der Waals surface area contributed by atoms with Gasteiger partial charge in [-0.3, -0.25) is 4.79 Å². The van der Waals surface area contributed by atoms with E-state index in [1.807, 2.05) is 24.3 Å². The molecule has 0 fully saturated rings. The number of amides is 1. The lowest BCUT2D eigenvalue weighted by molar-refractivity contribution is -0.111. The first-order valence-electron chi connectivity index (χ1n) is 6.89. The molecule has 0 saturated heterocycles. The highest BCUT2D eigenvalue weighted by atomic mass is 16.5. The minimum Gasteiger partial charge on any atom is -0.493 e. The summed E-state index contributed by atoms with van der Waals surface area (Å²) in [6.45, 7) is 6.12. The lowest BCUT2D eigenvalue weighted by Crippen LogP contribution is -2.07. The summed E-state index contributed by atoms with van der Waals surface area (Å²) < 4.78 is 5.69. The van der Waals surface area contributed by atoms with Gasteiger partial charge in [-0.1, -0.05) is 36.4 Å². The number of hydrogen-bond acceptors (Lipinski definition) is 2. The van der Waals surface area contributed by atoms with Gasteiger partial charge in [0, 0.05) is 12.1 Å². The molecule has 0 aliphatic rings. The minimum absolute atomic E-state index is 0.219. The van der Waals surface area contributed by atoms with Crippen LogP contribution in [0.2, 0.25) is 0 Å². The third-order valence-electron chi connectivity index (χ3n) is 3.09. The molecule has 2 rings (SSSR count). The number of carbonyl (C=O) groups excluding carboxylic acids is 1. The Labute approximate surface area is 125 Å². The van der Waals surface area contributed by atoms with Crippen molar-refractivity contribution < 1.29 is 9.53 Å². The van der Waals surface area contributed by atoms with Gasteiger partial charge in [-0.05, 0) is 42.8 Å². The van der Waals surface area contributed by atoms with Crippen molar-refractivity contribution in [3.8, 4) is 5.75 Å². The summed E-state index contributed by atoms with van der Waals surface area (Å²) >= 11 is 0. The first-order chi connectivity index (χ1) is 10.2. The van der Waals surface area contributed by atoms with E-state index in [1.165, 1.54) is 17.2 Å². The van der Waals surface area contributed by atoms with E-state index in [0.29, 0.717) is 6.61 Å². The minimum atomic E-state index is -0.219. The largest absolute Gasteiger partial charge is 0.493 e. The molecule has 0 aromatic heterocycles. The van der Waals surface area contributed by atoms with Gasteiger partial charge >= 0.3 is 0 Å². The molecule has 108 valence electrons. The van der Waals surface area contributed by atoms with E-state index in [0.717, 1.165) is 17.9 Å². The van der Waals surface area contributed by atoms with Gasteiger partial charge in [0.2, 0.25) is 5.91 Å². The molecule has 0 heterocycles. The van der Waals surface area contributed by atoms with Crippen LogP contribution < -0.4 is 10.1 Å². The number of ether oxygens (including phenoxy) is 1. The van der Waals surface area contributed by atoms with Crippen molar-refractivity contribution in [3.63, 3.8) is 0 Å². The molecular formula is C18H19NO2. The summed E-state index contributed by atoms with van der Waals surface area (Å²) in [7, 11) is 0. The number of nitrogens with one attached hydrogen (secondary N) is 1. The normalized spacial score (nSPS) is 9.95. The number of benzene rings is 2. The van der Waals surface area contributed by atoms with Gasteiger partial charge in [-0.15, -0.1) is 0 Å². The number of carbonyl (C=O) groups is 1. The zero-order chi connectivity index (χ0) is 15.1. The fourth-order valence-electron chi connectivity index (χ4n) is 1.87. The van der Waals surface area contributed by atoms with Crippen LogP contribution in [0.1, 0.15) is 11.1 Å². The van der Waals surface area contributed by atoms with Crippen molar-refractivity contribution >= 4 is 11.6 Å². The summed E-state index contributed by atoms with van der Waals surface area (Å²) in [5.41, 5.74) is 3.25. The standard InChI is InChI=1S/C18H19NO2/c1-3-18(20)19-16-8-10-17(11-9-16)21-13-12-15-6-4-14(2)5-7-15/h3-11H,1,12-13H2,2H3,(H,19,20). The Morgan fingerprint density at radius 1 is 1.14 bits per heavy atom. The molecule has 1 amide bonds. The Balaban J connectivity index is 1.82. The van der Waals surface area contributed by atoms with E-state index >= 15 is 0 Å². The molecule has 3 heteroatoms. The van der Waals surface area contributed by atoms with Crippen LogP contribution in [0.3, 0.4) is 0 Å². The number of hydrogen-bond donors (Lipinski definition) is 1. The zero-order valence-electron chi connectivity index (χ0n) is 12.1. The lowest BCUT2D eigenvalue weighted by Gasteiger charge is -2.08. The number of rotatable bonds is 6. The highest BCUT2D eigenvalue weighted by molar-refractivity contribution is 5.98. The molecule has 0 aliphatic carbocycles. The van der Waals surface area contributed by atoms with Crippen molar-refractivity contribution in [2.75, 3.05) is 11.9 Å². The Morgan fingerprint density at radius 2 is 1.81 bits per heavy atom. The molecule has 0 aliphatic heterocycles. The monoisotopic (exact) mass is 281 g/mol. The van der Waals surface area contributed by atoms with Crippen molar-refractivity contribution in [2.24, 2.45) is 0 Å². The molecular weight excluding hydrogens is 262 g/mol. The van der Waals surface area contributed by atoms with Gasteiger partial charge in [-0.25, -0.2) is 0 Å². The van der Waals surface area contributed by atoms with Crippen molar-refractivity contribution in [2.45, 2.75) is 13.3 Å². The molecule has 21 heavy (non-hydrogen) atoms. The number of aryl methyl sites for hydroxylation is 1. The molecule has 0 spiro atoms. The van der Waals surface area contributed by atoms with E-state index in [9.17, 15) is 4.79 Å². The SMILES string of the molecule is C=CC(=O)Nc1ccc(OCCc2ccc(C)cc2)cc1. The van der Waals surface area contributed by atoms with E-state index in [1.54, 1.807) is 0 Å². The van der Waals surface area contributed by atoms with Gasteiger partial charge < -0.3 is 10.1 Å². The Morgan fingerprint density at radius 3 is 2.43 bits per heavy atom. The van der Waals surface area contributed by atoms with Crippen LogP contribution in [0, 0.1) is 6.92 Å². The quantitative estimate of drug-likeness (QED) is 0.819. The molecule has 3 nitrogen and oxygen atoms in total. The Kier molecular flexibility index (Phi) is 5.16. The maximum absolute atomic E-state index is 11.2. The summed E-state index contributed by atoms with van der Waals surface area (Å²) in [4.78, 5) is 11.2. The first kappa shape index (κ1) is 14.9. The molecule has 0 saturated carbocycles. The van der Waals surface area contributed by atoms with Crippen molar-refractivity contribution in [3.05, 3.63) is 72.3 Å². The van der Waals surface area contributed by atoms with Crippen LogP contribution in [0.5, 0.6) is 5.75 Å². The van der Waals surface area contributed by atoms with Crippen LogP contribution in [0.15, 0.2) is 61.2 Å². The summed E-state index contributed by atoms with van der Waals surface area (Å²) in [5, 5.41) is 2.69. The maximum Gasteiger partial charge on any atom is 0.247 e. The number of anilines is 1. The molecule has 1 N–H and O–H groups in total. The van der Waals surface area contributed by atoms with Crippen molar-refractivity contribution in [1.29, 1.82) is 0 Å².